The van der Waals surface area contributed by atoms with Gasteiger partial charge >= 0.3 is 0 Å². The van der Waals surface area contributed by atoms with Crippen molar-refractivity contribution >= 4 is 24.0 Å². The minimum atomic E-state index is -1.11. The maximum atomic E-state index is 9.00. The van der Waals surface area contributed by atoms with Crippen molar-refractivity contribution in [1.82, 2.24) is 9.55 Å². The van der Waals surface area contributed by atoms with E-state index in [1.165, 1.54) is 0 Å². The Balaban J connectivity index is 2.66. The van der Waals surface area contributed by atoms with Crippen molar-refractivity contribution in [2.75, 3.05) is 6.61 Å². The number of hydrogen-bond donors (Lipinski definition) is 0. The zero-order chi connectivity index (χ0) is 13.8. The number of rotatable bonds is 5. The van der Waals surface area contributed by atoms with Gasteiger partial charge in [0.1, 0.15) is 18.9 Å². The van der Waals surface area contributed by atoms with Crippen LogP contribution >= 0.6 is 15.9 Å². The van der Waals surface area contributed by atoms with E-state index in [0.717, 1.165) is 6.04 Å². The third-order valence-electron chi connectivity index (χ3n) is 2.35. The smallest absolute Gasteiger partial charge is 0.181 e. The topological polar surface area (TPSA) is 74.6 Å². The van der Waals surface area contributed by atoms with Crippen LogP contribution in [-0.2, 0) is 11.5 Å². The number of hydrogen-bond acceptors (Lipinski definition) is 4. The van der Waals surface area contributed by atoms with Crippen LogP contribution in [0.1, 0.15) is 11.4 Å². The molecule has 0 spiro atoms. The number of nitriles is 2. The molecule has 0 aliphatic heterocycles. The average Bonchev–Trinajstić information content (AvgIpc) is 2.59. The Morgan fingerprint density at radius 1 is 1.33 bits per heavy atom. The van der Waals surface area contributed by atoms with Gasteiger partial charge in [-0.15, -0.1) is 0 Å². The second-order valence-electron chi connectivity index (χ2n) is 5.08. The van der Waals surface area contributed by atoms with Gasteiger partial charge in [-0.2, -0.15) is 10.5 Å². The fourth-order valence-electron chi connectivity index (χ4n) is 1.27. The Hall–Kier alpha value is -1.15. The lowest BCUT2D eigenvalue weighted by Gasteiger charge is -2.15. The number of aromatic nitrogens is 2. The van der Waals surface area contributed by atoms with Gasteiger partial charge in [-0.05, 0) is 22.0 Å². The van der Waals surface area contributed by atoms with Gasteiger partial charge in [0.15, 0.2) is 16.1 Å². The van der Waals surface area contributed by atoms with Crippen LogP contribution in [0.5, 0.6) is 0 Å². The molecule has 0 aliphatic carbocycles. The molecule has 0 unspecified atom stereocenters. The molecule has 0 aliphatic rings. The molecule has 0 saturated heterocycles. The number of ether oxygens (including phenoxy) is 1. The third kappa shape index (κ3) is 3.95. The molecular weight excluding hydrogens is 312 g/mol. The molecule has 18 heavy (non-hydrogen) atoms. The Bertz CT molecular complexity index is 507. The van der Waals surface area contributed by atoms with E-state index >= 15 is 0 Å². The molecule has 0 N–H and O–H groups in total. The van der Waals surface area contributed by atoms with Crippen LogP contribution in [-0.4, -0.2) is 24.2 Å². The van der Waals surface area contributed by atoms with Crippen molar-refractivity contribution in [1.29, 1.82) is 10.5 Å². The van der Waals surface area contributed by atoms with E-state index in [4.69, 9.17) is 15.3 Å². The highest BCUT2D eigenvalue weighted by Crippen LogP contribution is 2.16. The zero-order valence-corrected chi connectivity index (χ0v) is 13.3. The number of halogens is 1. The summed E-state index contributed by atoms with van der Waals surface area (Å²) in [6.07, 6.45) is 0. The summed E-state index contributed by atoms with van der Waals surface area (Å²) in [5, 5.41) is 17.8. The fraction of sp³-hybridized carbons (Fsp3) is 0.545. The van der Waals surface area contributed by atoms with Crippen molar-refractivity contribution in [2.45, 2.75) is 32.4 Å². The van der Waals surface area contributed by atoms with Crippen LogP contribution < -0.4 is 0 Å². The van der Waals surface area contributed by atoms with Crippen molar-refractivity contribution in [2.24, 2.45) is 0 Å². The summed E-state index contributed by atoms with van der Waals surface area (Å²) in [7, 11) is -1.11. The van der Waals surface area contributed by atoms with Gasteiger partial charge in [0.05, 0.1) is 0 Å². The lowest BCUT2D eigenvalue weighted by atomic mass is 10.4. The normalized spacial score (nSPS) is 11.0. The fourth-order valence-corrected chi connectivity index (χ4v) is 2.48. The quantitative estimate of drug-likeness (QED) is 0.615. The maximum Gasteiger partial charge on any atom is 0.181 e. The molecule has 0 saturated carbocycles. The second kappa shape index (κ2) is 6.14. The lowest BCUT2D eigenvalue weighted by Crippen LogP contribution is -2.22. The Morgan fingerprint density at radius 2 is 2.00 bits per heavy atom. The van der Waals surface area contributed by atoms with Crippen molar-refractivity contribution in [3.8, 4) is 12.1 Å². The summed E-state index contributed by atoms with van der Waals surface area (Å²) in [6.45, 7) is 7.73. The molecule has 1 aromatic rings. The predicted molar refractivity (Wildman–Crippen MR) is 73.5 cm³/mol. The van der Waals surface area contributed by atoms with E-state index in [2.05, 4.69) is 40.6 Å². The van der Waals surface area contributed by atoms with Gasteiger partial charge in [0.25, 0.3) is 0 Å². The Morgan fingerprint density at radius 3 is 2.50 bits per heavy atom. The van der Waals surface area contributed by atoms with Gasteiger partial charge in [-0.1, -0.05) is 19.6 Å². The standard InChI is InChI=1S/C11H15BrN4OSi/c1-18(2,3)5-4-17-8-16-10(7-14)9(6-13)15-11(16)12/h4-5,8H2,1-3H3. The highest BCUT2D eigenvalue weighted by atomic mass is 79.9. The lowest BCUT2D eigenvalue weighted by molar-refractivity contribution is 0.0850. The van der Waals surface area contributed by atoms with Crippen molar-refractivity contribution < 1.29 is 4.74 Å². The number of imidazole rings is 1. The number of nitrogens with zero attached hydrogens (tertiary/aromatic N) is 4. The molecular formula is C11H15BrN4OSi. The van der Waals surface area contributed by atoms with E-state index in [-0.39, 0.29) is 18.1 Å². The molecule has 96 valence electrons. The predicted octanol–water partition coefficient (Wildman–Crippen LogP) is 2.70. The first-order chi connectivity index (χ1) is 8.39. The summed E-state index contributed by atoms with van der Waals surface area (Å²) < 4.78 is 7.55. The molecule has 7 heteroatoms. The van der Waals surface area contributed by atoms with Crippen LogP contribution in [0, 0.1) is 22.7 Å². The van der Waals surface area contributed by atoms with Crippen molar-refractivity contribution in [3.05, 3.63) is 16.1 Å². The molecule has 5 nitrogen and oxygen atoms in total. The first-order valence-corrected chi connectivity index (χ1v) is 10.0. The van der Waals surface area contributed by atoms with Crippen LogP contribution in [0.4, 0.5) is 0 Å². The van der Waals surface area contributed by atoms with Gasteiger partial charge in [0.2, 0.25) is 0 Å². The maximum absolute atomic E-state index is 9.00. The molecule has 0 radical (unpaired) electrons. The second-order valence-corrected chi connectivity index (χ2v) is 11.4. The molecule has 1 aromatic heterocycles. The van der Waals surface area contributed by atoms with E-state index in [0.29, 0.717) is 11.3 Å². The van der Waals surface area contributed by atoms with Crippen molar-refractivity contribution in [3.63, 3.8) is 0 Å². The Labute approximate surface area is 116 Å². The van der Waals surface area contributed by atoms with Gasteiger partial charge in [0, 0.05) is 14.7 Å². The van der Waals surface area contributed by atoms with Gasteiger partial charge in [-0.3, -0.25) is 4.57 Å². The van der Waals surface area contributed by atoms with Crippen LogP contribution in [0.2, 0.25) is 25.7 Å². The van der Waals surface area contributed by atoms with Crippen LogP contribution in [0.15, 0.2) is 4.73 Å². The summed E-state index contributed by atoms with van der Waals surface area (Å²) in [5.41, 5.74) is 0.357. The highest BCUT2D eigenvalue weighted by Gasteiger charge is 2.16. The molecule has 1 rings (SSSR count). The summed E-state index contributed by atoms with van der Waals surface area (Å²) in [5.74, 6) is 0. The largest absolute Gasteiger partial charge is 0.361 e. The monoisotopic (exact) mass is 326 g/mol. The SMILES string of the molecule is C[Si](C)(C)CCOCn1c(Br)nc(C#N)c1C#N. The molecule has 0 aromatic carbocycles. The summed E-state index contributed by atoms with van der Waals surface area (Å²) in [6, 6.07) is 4.92. The molecule has 0 amide bonds. The summed E-state index contributed by atoms with van der Waals surface area (Å²) in [4.78, 5) is 3.95. The van der Waals surface area contributed by atoms with E-state index in [1.807, 2.05) is 12.1 Å². The first kappa shape index (κ1) is 14.9. The minimum Gasteiger partial charge on any atom is -0.361 e. The first-order valence-electron chi connectivity index (χ1n) is 5.53. The van der Waals surface area contributed by atoms with Gasteiger partial charge in [-0.25, -0.2) is 4.98 Å². The van der Waals surface area contributed by atoms with E-state index in [9.17, 15) is 0 Å². The average molecular weight is 327 g/mol. The molecule has 0 fully saturated rings. The molecule has 1 heterocycles. The summed E-state index contributed by atoms with van der Waals surface area (Å²) >= 11 is 3.22. The van der Waals surface area contributed by atoms with Crippen LogP contribution in [0.25, 0.3) is 0 Å². The van der Waals surface area contributed by atoms with E-state index in [1.54, 1.807) is 4.57 Å². The molecule has 0 atom stereocenters. The third-order valence-corrected chi connectivity index (χ3v) is 4.66. The minimum absolute atomic E-state index is 0.123. The highest BCUT2D eigenvalue weighted by molar-refractivity contribution is 9.10. The molecule has 0 bridgehead atoms. The van der Waals surface area contributed by atoms with E-state index < -0.39 is 8.07 Å². The Kier molecular flexibility index (Phi) is 5.09. The zero-order valence-electron chi connectivity index (χ0n) is 10.7. The van der Waals surface area contributed by atoms with Crippen LogP contribution in [0.3, 0.4) is 0 Å². The van der Waals surface area contributed by atoms with Gasteiger partial charge < -0.3 is 4.74 Å².